The van der Waals surface area contributed by atoms with Gasteiger partial charge < -0.3 is 16.0 Å². The van der Waals surface area contributed by atoms with Crippen molar-refractivity contribution in [1.82, 2.24) is 0 Å². The van der Waals surface area contributed by atoms with Crippen molar-refractivity contribution in [1.29, 1.82) is 0 Å². The molecule has 0 aromatic heterocycles. The molecule has 1 fully saturated rings. The number of benzene rings is 2. The molecule has 2 aromatic carbocycles. The number of nitrogens with two attached hydrogens (primary N) is 1. The monoisotopic (exact) mass is 421 g/mol. The summed E-state index contributed by atoms with van der Waals surface area (Å²) in [5.74, 6) is -0.203. The van der Waals surface area contributed by atoms with E-state index in [-0.39, 0.29) is 5.91 Å². The van der Waals surface area contributed by atoms with Crippen LogP contribution in [0.25, 0.3) is 0 Å². The maximum absolute atomic E-state index is 12.5. The van der Waals surface area contributed by atoms with Crippen molar-refractivity contribution < 1.29 is 4.79 Å². The van der Waals surface area contributed by atoms with Crippen molar-refractivity contribution in [3.63, 3.8) is 0 Å². The Kier molecular flexibility index (Phi) is 5.54. The highest BCUT2D eigenvalue weighted by molar-refractivity contribution is 9.10. The third-order valence-corrected chi connectivity index (χ3v) is 5.37. The number of piperidine rings is 1. The number of carbonyl (C=O) groups is 1. The van der Waals surface area contributed by atoms with Crippen LogP contribution in [0.4, 0.5) is 17.1 Å². The first-order chi connectivity index (χ1) is 12.0. The highest BCUT2D eigenvalue weighted by Gasteiger charge is 2.22. The van der Waals surface area contributed by atoms with E-state index in [4.69, 9.17) is 17.3 Å². The minimum Gasteiger partial charge on any atom is -0.397 e. The molecule has 1 heterocycles. The highest BCUT2D eigenvalue weighted by atomic mass is 79.9. The summed E-state index contributed by atoms with van der Waals surface area (Å²) in [5, 5.41) is 3.34. The maximum atomic E-state index is 12.5. The Hall–Kier alpha value is -1.72. The number of halogens is 2. The quantitative estimate of drug-likeness (QED) is 0.658. The zero-order valence-corrected chi connectivity index (χ0v) is 16.4. The van der Waals surface area contributed by atoms with Gasteiger partial charge in [0.2, 0.25) is 0 Å². The van der Waals surface area contributed by atoms with Crippen molar-refractivity contribution in [3.05, 3.63) is 51.5 Å². The molecule has 0 saturated carbocycles. The minimum atomic E-state index is -0.203. The average molecular weight is 423 g/mol. The number of anilines is 3. The van der Waals surface area contributed by atoms with Crippen LogP contribution in [-0.2, 0) is 0 Å². The van der Waals surface area contributed by atoms with Crippen LogP contribution in [0.3, 0.4) is 0 Å². The minimum absolute atomic E-state index is 0.203. The van der Waals surface area contributed by atoms with Crippen LogP contribution < -0.4 is 16.0 Å². The van der Waals surface area contributed by atoms with Gasteiger partial charge in [-0.1, -0.05) is 33.6 Å². The lowest BCUT2D eigenvalue weighted by Gasteiger charge is -2.36. The second kappa shape index (κ2) is 7.67. The fourth-order valence-corrected chi connectivity index (χ4v) is 3.82. The standard InChI is InChI=1S/C19H21BrClN3O/c1-12-5-2-3-8-24(12)18-11-17(15(21)10-16(18)22)23-19(25)13-6-4-7-14(20)9-13/h4,6-7,9-12H,2-3,5,8,22H2,1H3,(H,23,25)/t12-/m0/s1. The van der Waals surface area contributed by atoms with E-state index in [1.54, 1.807) is 18.2 Å². The van der Waals surface area contributed by atoms with Crippen LogP contribution in [0.1, 0.15) is 36.5 Å². The Morgan fingerprint density at radius 2 is 2.12 bits per heavy atom. The molecule has 1 aliphatic heterocycles. The zero-order valence-electron chi connectivity index (χ0n) is 14.1. The molecule has 1 atom stereocenters. The molecule has 132 valence electrons. The SMILES string of the molecule is C[C@H]1CCCCN1c1cc(NC(=O)c2cccc(Br)c2)c(Cl)cc1N. The van der Waals surface area contributed by atoms with Gasteiger partial charge in [0.05, 0.1) is 22.1 Å². The average Bonchev–Trinajstić information content (AvgIpc) is 2.58. The van der Waals surface area contributed by atoms with Gasteiger partial charge >= 0.3 is 0 Å². The van der Waals surface area contributed by atoms with Crippen molar-refractivity contribution in [3.8, 4) is 0 Å². The molecule has 0 unspecified atom stereocenters. The lowest BCUT2D eigenvalue weighted by molar-refractivity contribution is 0.102. The van der Waals surface area contributed by atoms with Crippen LogP contribution in [0, 0.1) is 0 Å². The van der Waals surface area contributed by atoms with Crippen molar-refractivity contribution in [2.75, 3.05) is 22.5 Å². The Balaban J connectivity index is 1.88. The number of hydrogen-bond acceptors (Lipinski definition) is 3. The van der Waals surface area contributed by atoms with Gasteiger partial charge in [0.1, 0.15) is 0 Å². The van der Waals surface area contributed by atoms with Gasteiger partial charge in [-0.05, 0) is 56.5 Å². The lowest BCUT2D eigenvalue weighted by atomic mass is 10.0. The molecule has 1 saturated heterocycles. The lowest BCUT2D eigenvalue weighted by Crippen LogP contribution is -2.37. The largest absolute Gasteiger partial charge is 0.397 e. The van der Waals surface area contributed by atoms with E-state index in [2.05, 4.69) is 33.1 Å². The molecule has 0 radical (unpaired) electrons. The molecule has 3 N–H and O–H groups in total. The Bertz CT molecular complexity index is 796. The van der Waals surface area contributed by atoms with Crippen LogP contribution >= 0.6 is 27.5 Å². The van der Waals surface area contributed by atoms with Gasteiger partial charge in [-0.15, -0.1) is 0 Å². The maximum Gasteiger partial charge on any atom is 0.255 e. The molecule has 0 bridgehead atoms. The van der Waals surface area contributed by atoms with E-state index in [9.17, 15) is 4.79 Å². The predicted octanol–water partition coefficient (Wildman–Crippen LogP) is 5.32. The molecule has 4 nitrogen and oxygen atoms in total. The van der Waals surface area contributed by atoms with Gasteiger partial charge in [0.25, 0.3) is 5.91 Å². The van der Waals surface area contributed by atoms with Crippen LogP contribution in [0.2, 0.25) is 5.02 Å². The molecular formula is C19H21BrClN3O. The molecule has 0 spiro atoms. The second-order valence-corrected chi connectivity index (χ2v) is 7.72. The second-order valence-electron chi connectivity index (χ2n) is 6.39. The summed E-state index contributed by atoms with van der Waals surface area (Å²) >= 11 is 9.70. The fourth-order valence-electron chi connectivity index (χ4n) is 3.20. The molecule has 2 aromatic rings. The number of nitrogens with zero attached hydrogens (tertiary/aromatic N) is 1. The van der Waals surface area contributed by atoms with Crippen molar-refractivity contribution >= 4 is 50.5 Å². The predicted molar refractivity (Wildman–Crippen MR) is 109 cm³/mol. The van der Waals surface area contributed by atoms with E-state index in [1.807, 2.05) is 18.2 Å². The normalized spacial score (nSPS) is 17.4. The van der Waals surface area contributed by atoms with Crippen LogP contribution in [0.5, 0.6) is 0 Å². The summed E-state index contributed by atoms with van der Waals surface area (Å²) in [4.78, 5) is 14.8. The van der Waals surface area contributed by atoms with Crippen molar-refractivity contribution in [2.24, 2.45) is 0 Å². The third-order valence-electron chi connectivity index (χ3n) is 4.56. The first-order valence-corrected chi connectivity index (χ1v) is 9.55. The Labute approximate surface area is 161 Å². The van der Waals surface area contributed by atoms with Crippen LogP contribution in [-0.4, -0.2) is 18.5 Å². The van der Waals surface area contributed by atoms with Gasteiger partial charge in [-0.2, -0.15) is 0 Å². The molecule has 3 rings (SSSR count). The smallest absolute Gasteiger partial charge is 0.255 e. The number of carbonyl (C=O) groups excluding carboxylic acids is 1. The Morgan fingerprint density at radius 1 is 1.32 bits per heavy atom. The molecule has 1 aliphatic rings. The van der Waals surface area contributed by atoms with Gasteiger partial charge in [0, 0.05) is 22.6 Å². The zero-order chi connectivity index (χ0) is 18.0. The first-order valence-electron chi connectivity index (χ1n) is 8.38. The van der Waals surface area contributed by atoms with Gasteiger partial charge in [-0.25, -0.2) is 0 Å². The number of nitrogen functional groups attached to an aromatic ring is 1. The van der Waals surface area contributed by atoms with Crippen LogP contribution in [0.15, 0.2) is 40.9 Å². The summed E-state index contributed by atoms with van der Waals surface area (Å²) in [5.41, 5.74) is 8.91. The number of hydrogen-bond donors (Lipinski definition) is 2. The number of rotatable bonds is 3. The first kappa shape index (κ1) is 18.1. The van der Waals surface area contributed by atoms with E-state index < -0.39 is 0 Å². The molecule has 0 aliphatic carbocycles. The van der Waals surface area contributed by atoms with Crippen molar-refractivity contribution in [2.45, 2.75) is 32.2 Å². The highest BCUT2D eigenvalue weighted by Crippen LogP contribution is 2.36. The summed E-state index contributed by atoms with van der Waals surface area (Å²) in [6, 6.07) is 11.3. The fraction of sp³-hybridized carbons (Fsp3) is 0.316. The molecular weight excluding hydrogens is 402 g/mol. The summed E-state index contributed by atoms with van der Waals surface area (Å²) < 4.78 is 0.853. The topological polar surface area (TPSA) is 58.4 Å². The third kappa shape index (κ3) is 4.10. The van der Waals surface area contributed by atoms with E-state index in [0.717, 1.165) is 29.5 Å². The van der Waals surface area contributed by atoms with E-state index in [1.165, 1.54) is 6.42 Å². The van der Waals surface area contributed by atoms with Gasteiger partial charge in [-0.3, -0.25) is 4.79 Å². The molecule has 6 heteroatoms. The van der Waals surface area contributed by atoms with E-state index in [0.29, 0.717) is 28.0 Å². The van der Waals surface area contributed by atoms with Gasteiger partial charge in [0.15, 0.2) is 0 Å². The van der Waals surface area contributed by atoms with E-state index >= 15 is 0 Å². The Morgan fingerprint density at radius 3 is 2.84 bits per heavy atom. The summed E-state index contributed by atoms with van der Waals surface area (Å²) in [6.07, 6.45) is 3.52. The number of nitrogens with one attached hydrogen (secondary N) is 1. The summed E-state index contributed by atoms with van der Waals surface area (Å²) in [7, 11) is 0. The summed E-state index contributed by atoms with van der Waals surface area (Å²) in [6.45, 7) is 3.17. The molecule has 25 heavy (non-hydrogen) atoms. The molecule has 1 amide bonds. The number of amides is 1.